The third-order valence-electron chi connectivity index (χ3n) is 1.27. The predicted octanol–water partition coefficient (Wildman–Crippen LogP) is 2.07. The molecular weight excluding hydrogens is 128 g/mol. The van der Waals surface area contributed by atoms with Gasteiger partial charge in [0.05, 0.1) is 12.9 Å². The zero-order chi connectivity index (χ0) is 7.40. The highest BCUT2D eigenvalue weighted by Gasteiger charge is 1.99. The number of furan rings is 1. The molecule has 1 rings (SSSR count). The average molecular weight is 138 g/mol. The highest BCUT2D eigenvalue weighted by Crippen LogP contribution is 2.11. The lowest BCUT2D eigenvalue weighted by atomic mass is 10.2. The van der Waals surface area contributed by atoms with Crippen molar-refractivity contribution in [1.82, 2.24) is 0 Å². The van der Waals surface area contributed by atoms with Crippen LogP contribution in [0.4, 0.5) is 0 Å². The van der Waals surface area contributed by atoms with Crippen LogP contribution in [0.2, 0.25) is 0 Å². The summed E-state index contributed by atoms with van der Waals surface area (Å²) in [5, 5.41) is 0. The molecule has 0 aliphatic rings. The van der Waals surface area contributed by atoms with E-state index in [2.05, 4.69) is 6.58 Å². The Labute approximate surface area is 60.1 Å². The summed E-state index contributed by atoms with van der Waals surface area (Å²) in [6.45, 7) is 4.18. The predicted molar refractivity (Wildman–Crippen MR) is 39.5 cm³/mol. The Morgan fingerprint density at radius 1 is 1.80 bits per heavy atom. The van der Waals surface area contributed by atoms with E-state index in [-0.39, 0.29) is 0 Å². The number of methoxy groups -OCH3 is 1. The Hall–Kier alpha value is -1.02. The van der Waals surface area contributed by atoms with Crippen LogP contribution < -0.4 is 0 Å². The van der Waals surface area contributed by atoms with Gasteiger partial charge in [-0.3, -0.25) is 0 Å². The molecular formula is C8H10O2. The van der Waals surface area contributed by atoms with Crippen LogP contribution in [0.25, 0.3) is 6.08 Å². The summed E-state index contributed by atoms with van der Waals surface area (Å²) in [6.07, 6.45) is 3.31. The van der Waals surface area contributed by atoms with Crippen LogP contribution in [0.1, 0.15) is 11.3 Å². The van der Waals surface area contributed by atoms with Crippen LogP contribution in [0.15, 0.2) is 23.3 Å². The van der Waals surface area contributed by atoms with Crippen molar-refractivity contribution in [3.63, 3.8) is 0 Å². The maximum atomic E-state index is 5.07. The molecule has 54 valence electrons. The van der Waals surface area contributed by atoms with E-state index in [0.717, 1.165) is 11.3 Å². The van der Waals surface area contributed by atoms with E-state index in [9.17, 15) is 0 Å². The molecule has 2 nitrogen and oxygen atoms in total. The highest BCUT2D eigenvalue weighted by molar-refractivity contribution is 5.44. The van der Waals surface area contributed by atoms with Crippen LogP contribution in [0, 0.1) is 0 Å². The SMILES string of the molecule is C=Cc1occc1COC. The summed E-state index contributed by atoms with van der Waals surface area (Å²) < 4.78 is 9.99. The molecule has 2 heteroatoms. The Bertz CT molecular complexity index is 213. The molecule has 0 N–H and O–H groups in total. The Morgan fingerprint density at radius 3 is 3.20 bits per heavy atom. The average Bonchev–Trinajstić information content (AvgIpc) is 2.36. The smallest absolute Gasteiger partial charge is 0.131 e. The van der Waals surface area contributed by atoms with Crippen molar-refractivity contribution >= 4 is 6.08 Å². The second-order valence-corrected chi connectivity index (χ2v) is 1.95. The van der Waals surface area contributed by atoms with Gasteiger partial charge in [0.1, 0.15) is 5.76 Å². The molecule has 0 bridgehead atoms. The van der Waals surface area contributed by atoms with E-state index >= 15 is 0 Å². The summed E-state index contributed by atoms with van der Waals surface area (Å²) in [5.41, 5.74) is 1.04. The van der Waals surface area contributed by atoms with Gasteiger partial charge in [0, 0.05) is 12.7 Å². The first kappa shape index (κ1) is 7.09. The minimum Gasteiger partial charge on any atom is -0.465 e. The zero-order valence-electron chi connectivity index (χ0n) is 5.96. The third kappa shape index (κ3) is 1.28. The molecule has 0 fully saturated rings. The van der Waals surface area contributed by atoms with Gasteiger partial charge in [-0.25, -0.2) is 0 Å². The highest BCUT2D eigenvalue weighted by atomic mass is 16.5. The minimum absolute atomic E-state index is 0.581. The minimum atomic E-state index is 0.581. The largest absolute Gasteiger partial charge is 0.465 e. The van der Waals surface area contributed by atoms with Gasteiger partial charge in [-0.1, -0.05) is 6.58 Å². The second kappa shape index (κ2) is 3.22. The van der Waals surface area contributed by atoms with Crippen molar-refractivity contribution in [1.29, 1.82) is 0 Å². The van der Waals surface area contributed by atoms with Gasteiger partial charge in [-0.2, -0.15) is 0 Å². The molecule has 1 aromatic rings. The number of rotatable bonds is 3. The normalized spacial score (nSPS) is 9.70. The van der Waals surface area contributed by atoms with Gasteiger partial charge < -0.3 is 9.15 Å². The topological polar surface area (TPSA) is 22.4 Å². The van der Waals surface area contributed by atoms with Crippen molar-refractivity contribution in [3.05, 3.63) is 30.2 Å². The van der Waals surface area contributed by atoms with E-state index in [0.29, 0.717) is 6.61 Å². The Morgan fingerprint density at radius 2 is 2.60 bits per heavy atom. The van der Waals surface area contributed by atoms with E-state index in [1.54, 1.807) is 19.4 Å². The van der Waals surface area contributed by atoms with Crippen LogP contribution in [-0.4, -0.2) is 7.11 Å². The van der Waals surface area contributed by atoms with Crippen molar-refractivity contribution in [3.8, 4) is 0 Å². The van der Waals surface area contributed by atoms with Gasteiger partial charge >= 0.3 is 0 Å². The maximum Gasteiger partial charge on any atom is 0.131 e. The summed E-state index contributed by atoms with van der Waals surface area (Å²) in [7, 11) is 1.65. The fraction of sp³-hybridized carbons (Fsp3) is 0.250. The molecule has 1 heterocycles. The van der Waals surface area contributed by atoms with Crippen LogP contribution in [0.5, 0.6) is 0 Å². The fourth-order valence-electron chi connectivity index (χ4n) is 0.801. The van der Waals surface area contributed by atoms with Gasteiger partial charge in [-0.15, -0.1) is 0 Å². The van der Waals surface area contributed by atoms with Gasteiger partial charge in [0.25, 0.3) is 0 Å². The summed E-state index contributed by atoms with van der Waals surface area (Å²) in [6, 6.07) is 1.88. The Kier molecular flexibility index (Phi) is 2.29. The molecule has 0 atom stereocenters. The summed E-state index contributed by atoms with van der Waals surface area (Å²) in [4.78, 5) is 0. The molecule has 0 aromatic carbocycles. The summed E-state index contributed by atoms with van der Waals surface area (Å²) >= 11 is 0. The summed E-state index contributed by atoms with van der Waals surface area (Å²) in [5.74, 6) is 0.793. The molecule has 0 saturated carbocycles. The molecule has 0 saturated heterocycles. The fourth-order valence-corrected chi connectivity index (χ4v) is 0.801. The van der Waals surface area contributed by atoms with Crippen molar-refractivity contribution in [2.45, 2.75) is 6.61 Å². The van der Waals surface area contributed by atoms with Gasteiger partial charge in [-0.05, 0) is 12.1 Å². The van der Waals surface area contributed by atoms with Crippen LogP contribution in [0.3, 0.4) is 0 Å². The molecule has 10 heavy (non-hydrogen) atoms. The maximum absolute atomic E-state index is 5.07. The van der Waals surface area contributed by atoms with Crippen LogP contribution in [-0.2, 0) is 11.3 Å². The zero-order valence-corrected chi connectivity index (χ0v) is 5.96. The monoisotopic (exact) mass is 138 g/mol. The number of hydrogen-bond donors (Lipinski definition) is 0. The van der Waals surface area contributed by atoms with E-state index < -0.39 is 0 Å². The van der Waals surface area contributed by atoms with E-state index in [4.69, 9.17) is 9.15 Å². The van der Waals surface area contributed by atoms with E-state index in [1.165, 1.54) is 0 Å². The van der Waals surface area contributed by atoms with Crippen molar-refractivity contribution in [2.75, 3.05) is 7.11 Å². The first-order valence-electron chi connectivity index (χ1n) is 3.06. The van der Waals surface area contributed by atoms with Gasteiger partial charge in [0.15, 0.2) is 0 Å². The van der Waals surface area contributed by atoms with Crippen molar-refractivity contribution < 1.29 is 9.15 Å². The van der Waals surface area contributed by atoms with Crippen LogP contribution >= 0.6 is 0 Å². The standard InChI is InChI=1S/C8H10O2/c1-3-8-7(6-9-2)4-5-10-8/h3-5H,1,6H2,2H3. The second-order valence-electron chi connectivity index (χ2n) is 1.95. The molecule has 0 aliphatic carbocycles. The lowest BCUT2D eigenvalue weighted by Crippen LogP contribution is -1.85. The molecule has 0 unspecified atom stereocenters. The number of ether oxygens (including phenoxy) is 1. The third-order valence-corrected chi connectivity index (χ3v) is 1.27. The molecule has 0 radical (unpaired) electrons. The van der Waals surface area contributed by atoms with Crippen molar-refractivity contribution in [2.24, 2.45) is 0 Å². The lowest BCUT2D eigenvalue weighted by Gasteiger charge is -1.93. The molecule has 1 aromatic heterocycles. The first-order valence-corrected chi connectivity index (χ1v) is 3.06. The molecule has 0 aliphatic heterocycles. The Balaban J connectivity index is 2.79. The molecule has 0 amide bonds. The lowest BCUT2D eigenvalue weighted by molar-refractivity contribution is 0.184. The first-order chi connectivity index (χ1) is 4.88. The molecule has 0 spiro atoms. The van der Waals surface area contributed by atoms with Gasteiger partial charge in [0.2, 0.25) is 0 Å². The number of hydrogen-bond acceptors (Lipinski definition) is 2. The van der Waals surface area contributed by atoms with E-state index in [1.807, 2.05) is 6.07 Å². The quantitative estimate of drug-likeness (QED) is 0.638.